The van der Waals surface area contributed by atoms with Gasteiger partial charge in [-0.25, -0.2) is 0 Å². The molecular weight excluding hydrogens is 202 g/mol. The van der Waals surface area contributed by atoms with Gasteiger partial charge in [0.1, 0.15) is 0 Å². The van der Waals surface area contributed by atoms with Crippen molar-refractivity contribution >= 4 is 5.91 Å². The predicted molar refractivity (Wildman–Crippen MR) is 66.2 cm³/mol. The zero-order chi connectivity index (χ0) is 12.1. The fourth-order valence-electron chi connectivity index (χ4n) is 2.26. The van der Waals surface area contributed by atoms with Gasteiger partial charge in [-0.2, -0.15) is 0 Å². The molecule has 1 N–H and O–H groups in total. The van der Waals surface area contributed by atoms with Crippen LogP contribution < -0.4 is 5.32 Å². The Balaban J connectivity index is 2.39. The lowest BCUT2D eigenvalue weighted by Crippen LogP contribution is -2.41. The Morgan fingerprint density at radius 3 is 2.44 bits per heavy atom. The summed E-state index contributed by atoms with van der Waals surface area (Å²) in [5, 5.41) is 3.25. The third-order valence-electron chi connectivity index (χ3n) is 3.26. The number of amides is 1. The molecule has 0 aromatic rings. The summed E-state index contributed by atoms with van der Waals surface area (Å²) in [6.07, 6.45) is 1.36. The molecular formula is C12H25N3O. The summed E-state index contributed by atoms with van der Waals surface area (Å²) in [6.45, 7) is 12.4. The maximum atomic E-state index is 11.8. The summed E-state index contributed by atoms with van der Waals surface area (Å²) in [6, 6.07) is -0.0174. The normalized spacial score (nSPS) is 25.8. The molecule has 0 spiro atoms. The van der Waals surface area contributed by atoms with Crippen LogP contribution in [-0.4, -0.2) is 54.1 Å². The quantitative estimate of drug-likeness (QED) is 0.732. The molecule has 0 aromatic carbocycles. The maximum absolute atomic E-state index is 11.8. The van der Waals surface area contributed by atoms with Crippen molar-refractivity contribution in [3.05, 3.63) is 0 Å². The summed E-state index contributed by atoms with van der Waals surface area (Å²) in [5.41, 5.74) is 0. The number of likely N-dealkylation sites (N-methyl/N-ethyl adjacent to an activating group) is 1. The van der Waals surface area contributed by atoms with E-state index in [1.54, 1.807) is 0 Å². The minimum Gasteiger partial charge on any atom is -0.325 e. The Morgan fingerprint density at radius 2 is 2.00 bits per heavy atom. The topological polar surface area (TPSA) is 35.6 Å². The highest BCUT2D eigenvalue weighted by Gasteiger charge is 2.32. The van der Waals surface area contributed by atoms with Crippen molar-refractivity contribution in [2.75, 3.05) is 26.2 Å². The molecule has 0 aromatic heterocycles. The Bertz CT molecular complexity index is 232. The molecule has 1 aliphatic heterocycles. The Kier molecular flexibility index (Phi) is 5.22. The van der Waals surface area contributed by atoms with E-state index in [1.165, 1.54) is 6.42 Å². The molecule has 0 bridgehead atoms. The van der Waals surface area contributed by atoms with Gasteiger partial charge >= 0.3 is 0 Å². The summed E-state index contributed by atoms with van der Waals surface area (Å²) in [4.78, 5) is 16.2. The Morgan fingerprint density at radius 1 is 1.31 bits per heavy atom. The zero-order valence-electron chi connectivity index (χ0n) is 11.0. The van der Waals surface area contributed by atoms with Crippen molar-refractivity contribution in [3.8, 4) is 0 Å². The van der Waals surface area contributed by atoms with Gasteiger partial charge in [-0.3, -0.25) is 10.1 Å². The SMILES string of the molecule is CCCN(CC)CCN1C(=O)C(C)NC1C. The number of carbonyl (C=O) groups excluding carboxylic acids is 1. The van der Waals surface area contributed by atoms with E-state index < -0.39 is 0 Å². The Hall–Kier alpha value is -0.610. The average molecular weight is 227 g/mol. The van der Waals surface area contributed by atoms with Gasteiger partial charge in [0.2, 0.25) is 5.91 Å². The third kappa shape index (κ3) is 3.19. The first kappa shape index (κ1) is 13.5. The monoisotopic (exact) mass is 227 g/mol. The number of carbonyl (C=O) groups is 1. The van der Waals surface area contributed by atoms with Crippen molar-refractivity contribution in [3.63, 3.8) is 0 Å². The minimum atomic E-state index is -0.0174. The smallest absolute Gasteiger partial charge is 0.240 e. The van der Waals surface area contributed by atoms with E-state index >= 15 is 0 Å². The molecule has 0 saturated carbocycles. The van der Waals surface area contributed by atoms with Crippen LogP contribution in [0.2, 0.25) is 0 Å². The number of nitrogens with zero attached hydrogens (tertiary/aromatic N) is 2. The van der Waals surface area contributed by atoms with Gasteiger partial charge in [-0.05, 0) is 33.4 Å². The average Bonchev–Trinajstić information content (AvgIpc) is 2.49. The predicted octanol–water partition coefficient (Wildman–Crippen LogP) is 0.885. The van der Waals surface area contributed by atoms with Crippen LogP contribution in [0.4, 0.5) is 0 Å². The van der Waals surface area contributed by atoms with Crippen LogP contribution in [0, 0.1) is 0 Å². The molecule has 16 heavy (non-hydrogen) atoms. The standard InChI is InChI=1S/C12H25N3O/c1-5-7-14(6-2)8-9-15-11(4)13-10(3)12(15)16/h10-11,13H,5-9H2,1-4H3. The first-order valence-corrected chi connectivity index (χ1v) is 6.39. The molecule has 1 amide bonds. The van der Waals surface area contributed by atoms with Gasteiger partial charge in [0.25, 0.3) is 0 Å². The van der Waals surface area contributed by atoms with Gasteiger partial charge in [0, 0.05) is 13.1 Å². The van der Waals surface area contributed by atoms with E-state index in [1.807, 2.05) is 11.8 Å². The van der Waals surface area contributed by atoms with Crippen molar-refractivity contribution in [1.29, 1.82) is 0 Å². The second kappa shape index (κ2) is 6.21. The second-order valence-electron chi connectivity index (χ2n) is 4.53. The molecule has 4 heteroatoms. The number of hydrogen-bond donors (Lipinski definition) is 1. The van der Waals surface area contributed by atoms with Crippen molar-refractivity contribution in [2.24, 2.45) is 0 Å². The van der Waals surface area contributed by atoms with E-state index in [0.717, 1.165) is 26.2 Å². The molecule has 1 saturated heterocycles. The summed E-state index contributed by atoms with van der Waals surface area (Å²) < 4.78 is 0. The fraction of sp³-hybridized carbons (Fsp3) is 0.917. The van der Waals surface area contributed by atoms with Crippen LogP contribution in [-0.2, 0) is 4.79 Å². The molecule has 1 fully saturated rings. The molecule has 2 unspecified atom stereocenters. The Labute approximate surface area is 99.0 Å². The summed E-state index contributed by atoms with van der Waals surface area (Å²) >= 11 is 0. The van der Waals surface area contributed by atoms with Gasteiger partial charge in [-0.1, -0.05) is 13.8 Å². The lowest BCUT2D eigenvalue weighted by molar-refractivity contribution is -0.129. The maximum Gasteiger partial charge on any atom is 0.240 e. The van der Waals surface area contributed by atoms with Crippen LogP contribution in [0.25, 0.3) is 0 Å². The number of hydrogen-bond acceptors (Lipinski definition) is 3. The van der Waals surface area contributed by atoms with Gasteiger partial charge in [0.15, 0.2) is 0 Å². The second-order valence-corrected chi connectivity index (χ2v) is 4.53. The molecule has 0 aliphatic carbocycles. The highest BCUT2D eigenvalue weighted by molar-refractivity contribution is 5.83. The van der Waals surface area contributed by atoms with Crippen LogP contribution in [0.15, 0.2) is 0 Å². The first-order valence-electron chi connectivity index (χ1n) is 6.39. The molecule has 1 aliphatic rings. The van der Waals surface area contributed by atoms with Crippen LogP contribution >= 0.6 is 0 Å². The van der Waals surface area contributed by atoms with Gasteiger partial charge < -0.3 is 9.80 Å². The minimum absolute atomic E-state index is 0.0174. The molecule has 94 valence electrons. The highest BCUT2D eigenvalue weighted by Crippen LogP contribution is 2.09. The first-order chi connectivity index (χ1) is 7.60. The van der Waals surface area contributed by atoms with Crippen LogP contribution in [0.5, 0.6) is 0 Å². The molecule has 0 radical (unpaired) electrons. The van der Waals surface area contributed by atoms with Gasteiger partial charge in [-0.15, -0.1) is 0 Å². The van der Waals surface area contributed by atoms with Gasteiger partial charge in [0.05, 0.1) is 12.2 Å². The number of nitrogens with one attached hydrogen (secondary N) is 1. The fourth-order valence-corrected chi connectivity index (χ4v) is 2.26. The third-order valence-corrected chi connectivity index (χ3v) is 3.26. The van der Waals surface area contributed by atoms with Crippen molar-refractivity contribution in [1.82, 2.24) is 15.1 Å². The highest BCUT2D eigenvalue weighted by atomic mass is 16.2. The van der Waals surface area contributed by atoms with E-state index in [4.69, 9.17) is 0 Å². The molecule has 1 rings (SSSR count). The molecule has 2 atom stereocenters. The van der Waals surface area contributed by atoms with Crippen molar-refractivity contribution in [2.45, 2.75) is 46.3 Å². The molecule has 1 heterocycles. The lowest BCUT2D eigenvalue weighted by Gasteiger charge is -2.26. The number of rotatable bonds is 6. The summed E-state index contributed by atoms with van der Waals surface area (Å²) in [7, 11) is 0. The summed E-state index contributed by atoms with van der Waals surface area (Å²) in [5.74, 6) is 0.236. The zero-order valence-corrected chi connectivity index (χ0v) is 11.0. The molecule has 4 nitrogen and oxygen atoms in total. The van der Waals surface area contributed by atoms with E-state index in [0.29, 0.717) is 0 Å². The van der Waals surface area contributed by atoms with Crippen LogP contribution in [0.1, 0.15) is 34.1 Å². The van der Waals surface area contributed by atoms with E-state index in [-0.39, 0.29) is 18.1 Å². The van der Waals surface area contributed by atoms with E-state index in [2.05, 4.69) is 31.0 Å². The van der Waals surface area contributed by atoms with E-state index in [9.17, 15) is 4.79 Å². The van der Waals surface area contributed by atoms with Crippen LogP contribution in [0.3, 0.4) is 0 Å². The largest absolute Gasteiger partial charge is 0.325 e. The lowest BCUT2D eigenvalue weighted by atomic mass is 10.3. The van der Waals surface area contributed by atoms with Crippen molar-refractivity contribution < 1.29 is 4.79 Å².